The zero-order valence-electron chi connectivity index (χ0n) is 23.4. The third-order valence-corrected chi connectivity index (χ3v) is 8.89. The van der Waals surface area contributed by atoms with Crippen LogP contribution in [0.2, 0.25) is 0 Å². The number of carboxylic acids is 2. The second-order valence-corrected chi connectivity index (χ2v) is 10.9. The number of carbonyl (C=O) groups is 2. The molecule has 10 nitrogen and oxygen atoms in total. The number of aliphatic carboxylic acids is 2. The van der Waals surface area contributed by atoms with Crippen molar-refractivity contribution in [3.8, 4) is 11.1 Å². The Balaban J connectivity index is 1.41. The highest BCUT2D eigenvalue weighted by atomic mass is 16.4. The van der Waals surface area contributed by atoms with E-state index in [0.717, 1.165) is 11.1 Å². The van der Waals surface area contributed by atoms with E-state index in [9.17, 15) is 19.8 Å². The second kappa shape index (κ2) is 10.4. The van der Waals surface area contributed by atoms with Crippen LogP contribution < -0.4 is 11.7 Å². The van der Waals surface area contributed by atoms with Gasteiger partial charge < -0.3 is 21.9 Å². The van der Waals surface area contributed by atoms with Crippen molar-refractivity contribution in [3.63, 3.8) is 0 Å². The standard InChI is InChI=1S/C34H28N6O4/c35-29-23-5-1-3-7-25(23)33(31(41)42,17-27(29)39-37)21-13-9-19(10-14-21)20-11-15-22(16-12-20)34(32(43)44)18-28(40-38)30(36)24-6-2-4-8-26(24)34/h1-16,35-36H,17-18,37-38H2,(H,41,42)(H,43,44)/b35-29?,36-30?,39-27+,40-28+. The SMILES string of the molecule is N=C1/C(=N/N)CC(C(=O)O)(c2ccc(-c3ccc(C4(C(=O)O)C/C(=N\N)C(=N)c5ccccc54)cc3)cc2)c2ccccc21. The Bertz CT molecular complexity index is 1790. The third-order valence-electron chi connectivity index (χ3n) is 8.89. The van der Waals surface area contributed by atoms with E-state index in [1.807, 2.05) is 24.3 Å². The van der Waals surface area contributed by atoms with Gasteiger partial charge in [-0.3, -0.25) is 20.4 Å². The van der Waals surface area contributed by atoms with Crippen LogP contribution >= 0.6 is 0 Å². The quantitative estimate of drug-likeness (QED) is 0.149. The fraction of sp³-hybridized carbons (Fsp3) is 0.118. The van der Waals surface area contributed by atoms with Gasteiger partial charge in [-0.25, -0.2) is 0 Å². The lowest BCUT2D eigenvalue weighted by Gasteiger charge is -2.37. The lowest BCUT2D eigenvalue weighted by atomic mass is 9.64. The first kappa shape index (κ1) is 28.2. The van der Waals surface area contributed by atoms with Gasteiger partial charge in [-0.2, -0.15) is 10.2 Å². The predicted molar refractivity (Wildman–Crippen MR) is 168 cm³/mol. The highest BCUT2D eigenvalue weighted by molar-refractivity contribution is 6.50. The molecule has 2 atom stereocenters. The molecule has 218 valence electrons. The van der Waals surface area contributed by atoms with Gasteiger partial charge >= 0.3 is 11.9 Å². The van der Waals surface area contributed by atoms with Crippen LogP contribution in [0, 0.1) is 10.8 Å². The molecule has 0 bridgehead atoms. The number of hydrogen-bond donors (Lipinski definition) is 6. The van der Waals surface area contributed by atoms with E-state index in [2.05, 4.69) is 10.2 Å². The molecule has 2 aliphatic carbocycles. The summed E-state index contributed by atoms with van der Waals surface area (Å²) < 4.78 is 0. The predicted octanol–water partition coefficient (Wildman–Crippen LogP) is 4.27. The van der Waals surface area contributed by atoms with Crippen LogP contribution in [0.5, 0.6) is 0 Å². The molecule has 4 aromatic rings. The van der Waals surface area contributed by atoms with Gasteiger partial charge in [0.25, 0.3) is 0 Å². The van der Waals surface area contributed by atoms with Crippen LogP contribution in [-0.4, -0.2) is 45.0 Å². The molecule has 6 rings (SSSR count). The lowest BCUT2D eigenvalue weighted by molar-refractivity contribution is -0.142. The fourth-order valence-electron chi connectivity index (χ4n) is 6.59. The average Bonchev–Trinajstić information content (AvgIpc) is 3.05. The van der Waals surface area contributed by atoms with Crippen molar-refractivity contribution >= 4 is 34.8 Å². The van der Waals surface area contributed by atoms with Crippen molar-refractivity contribution < 1.29 is 19.8 Å². The van der Waals surface area contributed by atoms with E-state index < -0.39 is 22.8 Å². The molecule has 0 fully saturated rings. The summed E-state index contributed by atoms with van der Waals surface area (Å²) in [5, 5.41) is 45.6. The fourth-order valence-corrected chi connectivity index (χ4v) is 6.59. The number of hydrogen-bond acceptors (Lipinski definition) is 8. The molecule has 0 saturated carbocycles. The summed E-state index contributed by atoms with van der Waals surface area (Å²) in [4.78, 5) is 25.9. The molecule has 2 aliphatic rings. The topological polar surface area (TPSA) is 199 Å². The molecular formula is C34H28N6O4. The maximum Gasteiger partial charge on any atom is 0.319 e. The molecule has 2 unspecified atom stereocenters. The molecular weight excluding hydrogens is 556 g/mol. The Morgan fingerprint density at radius 3 is 1.25 bits per heavy atom. The van der Waals surface area contributed by atoms with Crippen molar-refractivity contribution in [2.45, 2.75) is 23.7 Å². The minimum atomic E-state index is -1.49. The van der Waals surface area contributed by atoms with Crippen molar-refractivity contribution in [3.05, 3.63) is 130 Å². The lowest BCUT2D eigenvalue weighted by Crippen LogP contribution is -2.46. The molecule has 0 radical (unpaired) electrons. The summed E-state index contributed by atoms with van der Waals surface area (Å²) in [6.45, 7) is 0. The first-order chi connectivity index (χ1) is 21.2. The number of hydrazone groups is 2. The molecule has 8 N–H and O–H groups in total. The van der Waals surface area contributed by atoms with Crippen LogP contribution in [0.3, 0.4) is 0 Å². The van der Waals surface area contributed by atoms with Gasteiger partial charge in [-0.15, -0.1) is 0 Å². The van der Waals surface area contributed by atoms with Gasteiger partial charge in [0, 0.05) is 24.0 Å². The number of benzene rings is 4. The van der Waals surface area contributed by atoms with Gasteiger partial charge in [0.05, 0.1) is 22.8 Å². The summed E-state index contributed by atoms with van der Waals surface area (Å²) in [5.41, 5.74) is 2.24. The molecule has 0 saturated heterocycles. The van der Waals surface area contributed by atoms with Gasteiger partial charge in [0.1, 0.15) is 10.8 Å². The normalized spacial score (nSPS) is 22.8. The van der Waals surface area contributed by atoms with Crippen molar-refractivity contribution in [1.29, 1.82) is 10.8 Å². The largest absolute Gasteiger partial charge is 0.480 e. The maximum atomic E-state index is 12.9. The number of nitrogens with one attached hydrogen (secondary N) is 2. The number of nitrogens with zero attached hydrogens (tertiary/aromatic N) is 2. The Morgan fingerprint density at radius 2 is 0.932 bits per heavy atom. The summed E-state index contributed by atoms with van der Waals surface area (Å²) in [5.74, 6) is 9.03. The highest BCUT2D eigenvalue weighted by Gasteiger charge is 2.50. The third kappa shape index (κ3) is 3.95. The summed E-state index contributed by atoms with van der Waals surface area (Å²) in [7, 11) is 0. The van der Waals surface area contributed by atoms with E-state index in [0.29, 0.717) is 33.4 Å². The summed E-state index contributed by atoms with van der Waals surface area (Å²) in [6, 6.07) is 28.2. The van der Waals surface area contributed by atoms with Crippen LogP contribution in [0.25, 0.3) is 11.1 Å². The Kier molecular flexibility index (Phi) is 6.69. The minimum absolute atomic E-state index is 0.0625. The van der Waals surface area contributed by atoms with Crippen molar-refractivity contribution in [2.75, 3.05) is 0 Å². The number of rotatable bonds is 5. The Labute approximate surface area is 252 Å². The van der Waals surface area contributed by atoms with Gasteiger partial charge in [0.2, 0.25) is 0 Å². The molecule has 44 heavy (non-hydrogen) atoms. The zero-order chi connectivity index (χ0) is 31.2. The van der Waals surface area contributed by atoms with Gasteiger partial charge in [0.15, 0.2) is 0 Å². The summed E-state index contributed by atoms with van der Waals surface area (Å²) >= 11 is 0. The summed E-state index contributed by atoms with van der Waals surface area (Å²) in [6.07, 6.45) is -0.125. The van der Waals surface area contributed by atoms with Crippen molar-refractivity contribution in [2.24, 2.45) is 21.9 Å². The molecule has 4 aromatic carbocycles. The van der Waals surface area contributed by atoms with E-state index in [-0.39, 0.29) is 35.7 Å². The van der Waals surface area contributed by atoms with Gasteiger partial charge in [-0.05, 0) is 33.4 Å². The second-order valence-electron chi connectivity index (χ2n) is 10.9. The molecule has 10 heteroatoms. The van der Waals surface area contributed by atoms with Crippen LogP contribution in [-0.2, 0) is 20.4 Å². The molecule has 0 amide bonds. The molecule has 0 heterocycles. The first-order valence-corrected chi connectivity index (χ1v) is 13.8. The van der Waals surface area contributed by atoms with E-state index in [1.165, 1.54) is 0 Å². The molecule has 0 spiro atoms. The van der Waals surface area contributed by atoms with E-state index in [4.69, 9.17) is 22.5 Å². The van der Waals surface area contributed by atoms with Crippen LogP contribution in [0.1, 0.15) is 46.2 Å². The number of carboxylic acid groups (broad SMARTS) is 2. The Hall–Kier alpha value is -5.90. The van der Waals surface area contributed by atoms with Crippen LogP contribution in [0.4, 0.5) is 0 Å². The Morgan fingerprint density at radius 1 is 0.591 bits per heavy atom. The number of nitrogens with two attached hydrogens (primary N) is 2. The minimum Gasteiger partial charge on any atom is -0.480 e. The van der Waals surface area contributed by atoms with E-state index >= 15 is 0 Å². The van der Waals surface area contributed by atoms with E-state index in [1.54, 1.807) is 72.8 Å². The molecule has 0 aromatic heterocycles. The van der Waals surface area contributed by atoms with Crippen molar-refractivity contribution in [1.82, 2.24) is 0 Å². The number of fused-ring (bicyclic) bond motifs is 2. The monoisotopic (exact) mass is 584 g/mol. The average molecular weight is 585 g/mol. The maximum absolute atomic E-state index is 12.9. The molecule has 0 aliphatic heterocycles. The van der Waals surface area contributed by atoms with Crippen LogP contribution in [0.15, 0.2) is 107 Å². The zero-order valence-corrected chi connectivity index (χ0v) is 23.4. The highest BCUT2D eigenvalue weighted by Crippen LogP contribution is 2.44. The van der Waals surface area contributed by atoms with Gasteiger partial charge in [-0.1, -0.05) is 97.1 Å². The smallest absolute Gasteiger partial charge is 0.319 e. The first-order valence-electron chi connectivity index (χ1n) is 13.8.